The quantitative estimate of drug-likeness (QED) is 0.595. The first-order chi connectivity index (χ1) is 9.96. The molecule has 3 atom stereocenters. The van der Waals surface area contributed by atoms with Gasteiger partial charge in [-0.2, -0.15) is 0 Å². The van der Waals surface area contributed by atoms with E-state index >= 15 is 0 Å². The van der Waals surface area contributed by atoms with E-state index < -0.39 is 16.9 Å². The van der Waals surface area contributed by atoms with Crippen LogP contribution in [0.1, 0.15) is 39.5 Å². The van der Waals surface area contributed by atoms with Crippen LogP contribution in [0, 0.1) is 16.7 Å². The number of aliphatic hydroxyl groups is 2. The number of rotatable bonds is 4. The monoisotopic (exact) mass is 293 g/mol. The van der Waals surface area contributed by atoms with Gasteiger partial charge < -0.3 is 10.2 Å². The van der Waals surface area contributed by atoms with E-state index in [1.54, 1.807) is 0 Å². The summed E-state index contributed by atoms with van der Waals surface area (Å²) in [7, 11) is 0. The molecule has 0 aromatic carbocycles. The molecular weight excluding hydrogens is 270 g/mol. The molecule has 0 aromatic rings. The molecule has 1 aliphatic heterocycles. The number of nitrogens with zero attached hydrogens (tertiary/aromatic N) is 1. The Labute approximate surface area is 124 Å². The highest BCUT2D eigenvalue weighted by molar-refractivity contribution is 6.15. The van der Waals surface area contributed by atoms with E-state index in [1.165, 1.54) is 4.90 Å². The van der Waals surface area contributed by atoms with Crippen molar-refractivity contribution < 1.29 is 19.8 Å². The molecule has 0 bridgehead atoms. The highest BCUT2D eigenvalue weighted by Crippen LogP contribution is 2.68. The predicted octanol–water partition coefficient (Wildman–Crippen LogP) is 0.851. The van der Waals surface area contributed by atoms with Gasteiger partial charge in [-0.15, -0.1) is 0 Å². The average molecular weight is 293 g/mol. The summed E-state index contributed by atoms with van der Waals surface area (Å²) in [5, 5.41) is 19.2. The number of amides is 2. The molecule has 116 valence electrons. The zero-order valence-electron chi connectivity index (χ0n) is 12.6. The molecule has 0 spiro atoms. The number of hydrogen-bond donors (Lipinski definition) is 2. The first-order valence-corrected chi connectivity index (χ1v) is 7.78. The first-order valence-electron chi connectivity index (χ1n) is 7.78. The molecule has 5 heteroatoms. The van der Waals surface area contributed by atoms with Crippen LogP contribution in [0.4, 0.5) is 0 Å². The summed E-state index contributed by atoms with van der Waals surface area (Å²) in [5.41, 5.74) is -0.870. The third-order valence-electron chi connectivity index (χ3n) is 5.75. The van der Waals surface area contributed by atoms with E-state index in [0.29, 0.717) is 18.4 Å². The van der Waals surface area contributed by atoms with Crippen molar-refractivity contribution in [3.05, 3.63) is 11.6 Å². The summed E-state index contributed by atoms with van der Waals surface area (Å²) in [4.78, 5) is 27.3. The zero-order valence-corrected chi connectivity index (χ0v) is 12.6. The molecule has 1 saturated heterocycles. The lowest BCUT2D eigenvalue weighted by molar-refractivity contribution is -0.146. The van der Waals surface area contributed by atoms with Gasteiger partial charge in [0.05, 0.1) is 30.1 Å². The van der Waals surface area contributed by atoms with Gasteiger partial charge in [0.2, 0.25) is 11.8 Å². The van der Waals surface area contributed by atoms with Gasteiger partial charge in [-0.1, -0.05) is 32.8 Å². The third-order valence-corrected chi connectivity index (χ3v) is 5.75. The first kappa shape index (κ1) is 14.7. The van der Waals surface area contributed by atoms with E-state index in [4.69, 9.17) is 0 Å². The van der Waals surface area contributed by atoms with Crippen LogP contribution in [0.15, 0.2) is 11.6 Å². The normalized spacial score (nSPS) is 36.2. The highest BCUT2D eigenvalue weighted by Gasteiger charge is 2.75. The second-order valence-electron chi connectivity index (χ2n) is 6.89. The molecule has 1 heterocycles. The van der Waals surface area contributed by atoms with Crippen molar-refractivity contribution in [2.24, 2.45) is 16.7 Å². The summed E-state index contributed by atoms with van der Waals surface area (Å²) >= 11 is 0. The Hall–Kier alpha value is -1.20. The zero-order chi connectivity index (χ0) is 15.4. The Bertz CT molecular complexity index is 526. The lowest BCUT2D eigenvalue weighted by Gasteiger charge is -2.52. The van der Waals surface area contributed by atoms with Crippen LogP contribution >= 0.6 is 0 Å². The predicted molar refractivity (Wildman–Crippen MR) is 76.1 cm³/mol. The summed E-state index contributed by atoms with van der Waals surface area (Å²) in [6.45, 7) is 3.43. The molecule has 3 aliphatic rings. The molecular formula is C16H23NO4. The molecule has 1 saturated carbocycles. The van der Waals surface area contributed by atoms with Gasteiger partial charge in [-0.05, 0) is 24.3 Å². The summed E-state index contributed by atoms with van der Waals surface area (Å²) in [5.74, 6) is -0.364. The Kier molecular flexibility index (Phi) is 3.26. The Morgan fingerprint density at radius 1 is 1.19 bits per heavy atom. The lowest BCUT2D eigenvalue weighted by Crippen LogP contribution is -2.55. The smallest absolute Gasteiger partial charge is 0.241 e. The molecule has 2 fully saturated rings. The number of carbonyl (C=O) groups is 2. The number of imide groups is 1. The topological polar surface area (TPSA) is 77.8 Å². The highest BCUT2D eigenvalue weighted by atomic mass is 16.3. The maximum absolute atomic E-state index is 13.0. The van der Waals surface area contributed by atoms with Crippen LogP contribution in [-0.4, -0.2) is 46.2 Å². The fourth-order valence-electron chi connectivity index (χ4n) is 4.59. The molecule has 2 aliphatic carbocycles. The van der Waals surface area contributed by atoms with Gasteiger partial charge in [-0.3, -0.25) is 14.5 Å². The second-order valence-corrected chi connectivity index (χ2v) is 6.89. The van der Waals surface area contributed by atoms with Crippen molar-refractivity contribution in [3.8, 4) is 0 Å². The van der Waals surface area contributed by atoms with Gasteiger partial charge in [0.1, 0.15) is 0 Å². The molecule has 0 unspecified atom stereocenters. The van der Waals surface area contributed by atoms with Gasteiger partial charge in [0.25, 0.3) is 0 Å². The number of aliphatic hydroxyl groups excluding tert-OH is 2. The van der Waals surface area contributed by atoms with Gasteiger partial charge in [0.15, 0.2) is 0 Å². The second kappa shape index (κ2) is 4.65. The lowest BCUT2D eigenvalue weighted by atomic mass is 9.46. The van der Waals surface area contributed by atoms with Crippen molar-refractivity contribution in [2.75, 3.05) is 13.2 Å². The standard InChI is InChI=1S/C16H23NO4/c1-10(2)12(9-19)17-13(20)15-5-3-4-6-16(15,14(17)21)11(7-15)8-18/h7,10,12,18-19H,3-6,8-9H2,1-2H3/t12-,15+,16-/m1/s1. The molecule has 21 heavy (non-hydrogen) atoms. The largest absolute Gasteiger partial charge is 0.394 e. The van der Waals surface area contributed by atoms with Crippen molar-refractivity contribution in [1.82, 2.24) is 4.90 Å². The van der Waals surface area contributed by atoms with Gasteiger partial charge in [-0.25, -0.2) is 0 Å². The van der Waals surface area contributed by atoms with Crippen LogP contribution in [0.5, 0.6) is 0 Å². The van der Waals surface area contributed by atoms with Crippen LogP contribution < -0.4 is 0 Å². The Morgan fingerprint density at radius 2 is 1.86 bits per heavy atom. The molecule has 2 N–H and O–H groups in total. The molecule has 3 rings (SSSR count). The summed E-state index contributed by atoms with van der Waals surface area (Å²) in [6.07, 6.45) is 4.96. The molecule has 2 amide bonds. The Morgan fingerprint density at radius 3 is 2.43 bits per heavy atom. The fraction of sp³-hybridized carbons (Fsp3) is 0.750. The maximum Gasteiger partial charge on any atom is 0.241 e. The van der Waals surface area contributed by atoms with Gasteiger partial charge >= 0.3 is 0 Å². The van der Waals surface area contributed by atoms with Crippen molar-refractivity contribution in [2.45, 2.75) is 45.6 Å². The van der Waals surface area contributed by atoms with Crippen molar-refractivity contribution >= 4 is 11.8 Å². The van der Waals surface area contributed by atoms with Crippen molar-refractivity contribution in [3.63, 3.8) is 0 Å². The molecule has 0 aromatic heterocycles. The minimum atomic E-state index is -0.820. The van der Waals surface area contributed by atoms with Gasteiger partial charge in [0, 0.05) is 0 Å². The van der Waals surface area contributed by atoms with Crippen molar-refractivity contribution in [1.29, 1.82) is 0 Å². The number of hydrogen-bond acceptors (Lipinski definition) is 4. The number of likely N-dealkylation sites (tertiary alicyclic amines) is 1. The van der Waals surface area contributed by atoms with E-state index in [2.05, 4.69) is 0 Å². The SMILES string of the molecule is CC(C)[C@@H](CO)N1C(=O)[C@]23CCCC[C@]2(C=C3CO)C1=O. The minimum absolute atomic E-state index is 0.00725. The average Bonchev–Trinajstić information content (AvgIpc) is 2.59. The molecule has 0 radical (unpaired) electrons. The Balaban J connectivity index is 2.08. The van der Waals surface area contributed by atoms with Crippen LogP contribution in [0.2, 0.25) is 0 Å². The van der Waals surface area contributed by atoms with E-state index in [-0.39, 0.29) is 30.9 Å². The summed E-state index contributed by atoms with van der Waals surface area (Å²) in [6, 6.07) is -0.476. The van der Waals surface area contributed by atoms with Crippen LogP contribution in [0.3, 0.4) is 0 Å². The fourth-order valence-corrected chi connectivity index (χ4v) is 4.59. The van der Waals surface area contributed by atoms with E-state index in [0.717, 1.165) is 12.8 Å². The summed E-state index contributed by atoms with van der Waals surface area (Å²) < 4.78 is 0. The molecule has 5 nitrogen and oxygen atoms in total. The van der Waals surface area contributed by atoms with E-state index in [1.807, 2.05) is 19.9 Å². The minimum Gasteiger partial charge on any atom is -0.394 e. The van der Waals surface area contributed by atoms with E-state index in [9.17, 15) is 19.8 Å². The van der Waals surface area contributed by atoms with Crippen LogP contribution in [0.25, 0.3) is 0 Å². The number of carbonyl (C=O) groups excluding carboxylic acids is 2. The maximum atomic E-state index is 13.0. The third kappa shape index (κ3) is 1.48. The van der Waals surface area contributed by atoms with Crippen LogP contribution in [-0.2, 0) is 9.59 Å².